The first-order valence-electron chi connectivity index (χ1n) is 12.6. The quantitative estimate of drug-likeness (QED) is 0.293. The minimum absolute atomic E-state index is 0.437. The second-order valence-electron chi connectivity index (χ2n) is 10.7. The van der Waals surface area contributed by atoms with Crippen LogP contribution in [0.4, 0.5) is 0 Å². The van der Waals surface area contributed by atoms with Gasteiger partial charge < -0.3 is 0 Å². The molecule has 0 saturated heterocycles. The van der Waals surface area contributed by atoms with Crippen molar-refractivity contribution in [3.63, 3.8) is 0 Å². The Hall–Kier alpha value is -2.64. The molecule has 0 aliphatic heterocycles. The molecule has 3 aromatic carbocycles. The molecule has 1 aliphatic carbocycles. The summed E-state index contributed by atoms with van der Waals surface area (Å²) in [6, 6.07) is 21.3. The maximum atomic E-state index is 2.50. The largest absolute Gasteiger partial charge is 0.177 e. The summed E-state index contributed by atoms with van der Waals surface area (Å²) >= 11 is 0. The molecule has 0 saturated carbocycles. The molecule has 3 aromatic rings. The summed E-state index contributed by atoms with van der Waals surface area (Å²) in [6.45, 7) is 23.3. The fraction of sp³-hybridized carbons (Fsp3) is 0.333. The van der Waals surface area contributed by atoms with Crippen molar-refractivity contribution in [1.29, 1.82) is 0 Å². The Kier molecular flexibility index (Phi) is 6.38. The Morgan fingerprint density at radius 1 is 0.588 bits per heavy atom. The lowest BCUT2D eigenvalue weighted by Crippen LogP contribution is -2.71. The maximum Gasteiger partial charge on any atom is 0.177 e. The predicted octanol–water partition coefficient (Wildman–Crippen LogP) is 6.85. The van der Waals surface area contributed by atoms with Crippen LogP contribution in [0, 0.1) is 47.5 Å². The smallest absolute Gasteiger partial charge is 0.0636 e. The molecule has 0 bridgehead atoms. The molecule has 0 radical (unpaired) electrons. The molecule has 1 heteroatoms. The van der Waals surface area contributed by atoms with E-state index in [1.807, 2.05) is 0 Å². The number of hydrogen-bond donors (Lipinski definition) is 0. The lowest BCUT2D eigenvalue weighted by Gasteiger charge is -2.41. The topological polar surface area (TPSA) is 0 Å². The fourth-order valence-corrected chi connectivity index (χ4v) is 12.9. The van der Waals surface area contributed by atoms with Crippen molar-refractivity contribution in [3.8, 4) is 0 Å². The van der Waals surface area contributed by atoms with Gasteiger partial charge in [-0.3, -0.25) is 0 Å². The molecule has 1 unspecified atom stereocenters. The van der Waals surface area contributed by atoms with Gasteiger partial charge in [0, 0.05) is 0 Å². The Bertz CT molecular complexity index is 1280. The minimum Gasteiger partial charge on any atom is -0.0636 e. The highest BCUT2D eigenvalue weighted by Crippen LogP contribution is 2.42. The van der Waals surface area contributed by atoms with Crippen LogP contribution in [0.5, 0.6) is 0 Å². The van der Waals surface area contributed by atoms with Crippen molar-refractivity contribution in [3.05, 3.63) is 110 Å². The molecule has 0 amide bonds. The zero-order valence-electron chi connectivity index (χ0n) is 22.8. The van der Waals surface area contributed by atoms with Crippen LogP contribution in [-0.2, 0) is 0 Å². The van der Waals surface area contributed by atoms with Gasteiger partial charge in [-0.05, 0) is 112 Å². The monoisotopic (exact) mass is 464 g/mol. The second-order valence-corrected chi connectivity index (χ2v) is 14.4. The van der Waals surface area contributed by atoms with E-state index in [1.165, 1.54) is 55.3 Å². The van der Waals surface area contributed by atoms with Gasteiger partial charge in [0.1, 0.15) is 0 Å². The number of aryl methyl sites for hydroxylation is 4. The summed E-state index contributed by atoms with van der Waals surface area (Å²) in [5.41, 5.74) is 12.9. The lowest BCUT2D eigenvalue weighted by molar-refractivity contribution is 0.851. The van der Waals surface area contributed by atoms with Crippen molar-refractivity contribution in [2.45, 2.75) is 69.2 Å². The minimum atomic E-state index is -2.58. The van der Waals surface area contributed by atoms with Gasteiger partial charge in [0.15, 0.2) is 8.07 Å². The van der Waals surface area contributed by atoms with E-state index in [9.17, 15) is 0 Å². The van der Waals surface area contributed by atoms with E-state index >= 15 is 0 Å². The molecule has 0 spiro atoms. The molecule has 1 aliphatic rings. The van der Waals surface area contributed by atoms with Gasteiger partial charge in [0.25, 0.3) is 0 Å². The Balaban J connectivity index is 2.32. The highest BCUT2D eigenvalue weighted by Gasteiger charge is 2.49. The van der Waals surface area contributed by atoms with E-state index in [0.717, 1.165) is 0 Å². The molecule has 0 N–H and O–H groups in total. The van der Waals surface area contributed by atoms with Gasteiger partial charge in [0.2, 0.25) is 0 Å². The molecular formula is C33H40Si. The summed E-state index contributed by atoms with van der Waals surface area (Å²) in [7, 11) is -2.58. The van der Waals surface area contributed by atoms with Crippen molar-refractivity contribution >= 4 is 23.6 Å². The molecule has 4 rings (SSSR count). The van der Waals surface area contributed by atoms with Crippen LogP contribution in [0.2, 0.25) is 0 Å². The van der Waals surface area contributed by atoms with Crippen LogP contribution in [0.15, 0.2) is 76.5 Å². The molecular weight excluding hydrogens is 424 g/mol. The standard InChI is InChI=1S/C33H40Si/c1-20-17-21(2)19-30(18-20)34(31-15-11-13-22(3)24(31)5,32-16-12-14-23(4)25(32)6)33-28(9)26(7)27(8)29(33)10/h11-19,28H,1-10H3. The van der Waals surface area contributed by atoms with Crippen LogP contribution in [0.25, 0.3) is 0 Å². The summed E-state index contributed by atoms with van der Waals surface area (Å²) in [5, 5.41) is 6.30. The summed E-state index contributed by atoms with van der Waals surface area (Å²) in [4.78, 5) is 0. The number of allylic oxidation sites excluding steroid dienone is 4. The third kappa shape index (κ3) is 3.57. The van der Waals surface area contributed by atoms with Gasteiger partial charge in [-0.25, -0.2) is 0 Å². The first kappa shape index (κ1) is 24.5. The van der Waals surface area contributed by atoms with E-state index in [0.29, 0.717) is 5.92 Å². The summed E-state index contributed by atoms with van der Waals surface area (Å²) in [5.74, 6) is 0.437. The third-order valence-electron chi connectivity index (χ3n) is 8.72. The van der Waals surface area contributed by atoms with E-state index in [1.54, 1.807) is 15.6 Å². The zero-order chi connectivity index (χ0) is 24.9. The van der Waals surface area contributed by atoms with Gasteiger partial charge in [-0.15, -0.1) is 0 Å². The molecule has 0 heterocycles. The van der Waals surface area contributed by atoms with Crippen LogP contribution in [0.3, 0.4) is 0 Å². The highest BCUT2D eigenvalue weighted by molar-refractivity contribution is 7.16. The normalized spacial score (nSPS) is 16.6. The van der Waals surface area contributed by atoms with Gasteiger partial charge in [-0.1, -0.05) is 89.0 Å². The van der Waals surface area contributed by atoms with E-state index < -0.39 is 8.07 Å². The second kappa shape index (κ2) is 8.85. The van der Waals surface area contributed by atoms with Gasteiger partial charge in [0.05, 0.1) is 0 Å². The van der Waals surface area contributed by atoms with Gasteiger partial charge >= 0.3 is 0 Å². The molecule has 176 valence electrons. The maximum absolute atomic E-state index is 2.58. The Morgan fingerprint density at radius 3 is 1.47 bits per heavy atom. The van der Waals surface area contributed by atoms with Crippen LogP contribution >= 0.6 is 0 Å². The van der Waals surface area contributed by atoms with Crippen LogP contribution in [0.1, 0.15) is 61.1 Å². The van der Waals surface area contributed by atoms with Crippen molar-refractivity contribution in [2.75, 3.05) is 0 Å². The Labute approximate surface area is 208 Å². The molecule has 0 fully saturated rings. The predicted molar refractivity (Wildman–Crippen MR) is 153 cm³/mol. The van der Waals surface area contributed by atoms with E-state index in [2.05, 4.69) is 124 Å². The average Bonchev–Trinajstić information content (AvgIpc) is 2.97. The molecule has 34 heavy (non-hydrogen) atoms. The molecule has 0 aromatic heterocycles. The van der Waals surface area contributed by atoms with E-state index in [4.69, 9.17) is 0 Å². The van der Waals surface area contributed by atoms with Crippen molar-refractivity contribution in [2.24, 2.45) is 5.92 Å². The first-order chi connectivity index (χ1) is 16.0. The third-order valence-corrected chi connectivity index (χ3v) is 14.2. The SMILES string of the molecule is CC1=C(C)C(C)C([Si](c2cc(C)cc(C)c2)(c2cccc(C)c2C)c2cccc(C)c2C)=C1C. The number of rotatable bonds is 4. The average molecular weight is 465 g/mol. The number of hydrogen-bond acceptors (Lipinski definition) is 0. The lowest BCUT2D eigenvalue weighted by atomic mass is 10.1. The molecule has 0 nitrogen and oxygen atoms in total. The van der Waals surface area contributed by atoms with Crippen molar-refractivity contribution < 1.29 is 0 Å². The van der Waals surface area contributed by atoms with Crippen LogP contribution < -0.4 is 15.6 Å². The van der Waals surface area contributed by atoms with E-state index in [-0.39, 0.29) is 0 Å². The summed E-state index contributed by atoms with van der Waals surface area (Å²) < 4.78 is 0. The fourth-order valence-electron chi connectivity index (χ4n) is 6.38. The van der Waals surface area contributed by atoms with Gasteiger partial charge in [-0.2, -0.15) is 0 Å². The highest BCUT2D eigenvalue weighted by atomic mass is 28.3. The molecule has 1 atom stereocenters. The van der Waals surface area contributed by atoms with Crippen molar-refractivity contribution in [1.82, 2.24) is 0 Å². The van der Waals surface area contributed by atoms with Crippen LogP contribution in [-0.4, -0.2) is 8.07 Å². The first-order valence-corrected chi connectivity index (χ1v) is 14.6. The zero-order valence-corrected chi connectivity index (χ0v) is 23.8. The number of benzene rings is 3. The summed E-state index contributed by atoms with van der Waals surface area (Å²) in [6.07, 6.45) is 0. The Morgan fingerprint density at radius 2 is 1.06 bits per heavy atom.